The summed E-state index contributed by atoms with van der Waals surface area (Å²) < 4.78 is 0. The van der Waals surface area contributed by atoms with E-state index in [-0.39, 0.29) is 22.9 Å². The molecule has 0 saturated heterocycles. The predicted octanol–water partition coefficient (Wildman–Crippen LogP) is 2.61. The number of hydrogen-bond donors (Lipinski definition) is 2. The third-order valence-corrected chi connectivity index (χ3v) is 2.76. The lowest BCUT2D eigenvalue weighted by atomic mass is 10.1. The van der Waals surface area contributed by atoms with Gasteiger partial charge in [-0.1, -0.05) is 11.6 Å². The summed E-state index contributed by atoms with van der Waals surface area (Å²) in [7, 11) is 0. The van der Waals surface area contributed by atoms with Crippen molar-refractivity contribution in [3.63, 3.8) is 0 Å². The van der Waals surface area contributed by atoms with Gasteiger partial charge in [0.05, 0.1) is 12.0 Å². The van der Waals surface area contributed by atoms with Gasteiger partial charge in [-0.3, -0.25) is 9.78 Å². The molecule has 0 saturated carbocycles. The van der Waals surface area contributed by atoms with Crippen molar-refractivity contribution in [2.45, 2.75) is 6.42 Å². The highest BCUT2D eigenvalue weighted by Gasteiger charge is 2.09. The summed E-state index contributed by atoms with van der Waals surface area (Å²) in [6.45, 7) is 0. The molecule has 1 aromatic carbocycles. The molecule has 2 N–H and O–H groups in total. The zero-order chi connectivity index (χ0) is 14.5. The lowest BCUT2D eigenvalue weighted by Crippen LogP contribution is -2.14. The van der Waals surface area contributed by atoms with Crippen molar-refractivity contribution in [1.82, 2.24) is 4.98 Å². The average Bonchev–Trinajstić information content (AvgIpc) is 2.38. The molecular weight excluding hydrogens is 280 g/mol. The van der Waals surface area contributed by atoms with E-state index in [0.29, 0.717) is 5.69 Å². The largest absolute Gasteiger partial charge is 0.478 e. The van der Waals surface area contributed by atoms with E-state index in [1.165, 1.54) is 18.2 Å². The lowest BCUT2D eigenvalue weighted by molar-refractivity contribution is -0.115. The second-order valence-electron chi connectivity index (χ2n) is 4.11. The topological polar surface area (TPSA) is 79.3 Å². The van der Waals surface area contributed by atoms with Gasteiger partial charge >= 0.3 is 5.97 Å². The van der Waals surface area contributed by atoms with Gasteiger partial charge in [0.1, 0.15) is 0 Å². The van der Waals surface area contributed by atoms with Gasteiger partial charge in [0.2, 0.25) is 5.91 Å². The number of nitrogens with zero attached hydrogens (tertiary/aromatic N) is 1. The van der Waals surface area contributed by atoms with Gasteiger partial charge < -0.3 is 10.4 Å². The highest BCUT2D eigenvalue weighted by molar-refractivity contribution is 6.31. The highest BCUT2D eigenvalue weighted by atomic mass is 35.5. The first-order valence-electron chi connectivity index (χ1n) is 5.77. The van der Waals surface area contributed by atoms with Crippen LogP contribution < -0.4 is 5.32 Å². The summed E-state index contributed by atoms with van der Waals surface area (Å²) in [5, 5.41) is 11.8. The molecule has 1 heterocycles. The number of nitrogens with one attached hydrogen (secondary N) is 1. The minimum absolute atomic E-state index is 0.0247. The van der Waals surface area contributed by atoms with E-state index in [4.69, 9.17) is 16.7 Å². The molecule has 0 aliphatic rings. The normalized spacial score (nSPS) is 10.1. The van der Waals surface area contributed by atoms with Crippen molar-refractivity contribution in [2.24, 2.45) is 0 Å². The van der Waals surface area contributed by atoms with Crippen molar-refractivity contribution in [1.29, 1.82) is 0 Å². The number of aromatic nitrogens is 1. The van der Waals surface area contributed by atoms with Gasteiger partial charge in [-0.15, -0.1) is 0 Å². The number of aromatic carboxylic acids is 1. The molecule has 0 radical (unpaired) electrons. The summed E-state index contributed by atoms with van der Waals surface area (Å²) in [5.41, 5.74) is 1.20. The van der Waals surface area contributed by atoms with Gasteiger partial charge in [-0.25, -0.2) is 4.79 Å². The SMILES string of the molecule is O=C(Cc1ccncc1)Nc1cc(Cl)cc(C(=O)O)c1. The van der Waals surface area contributed by atoms with E-state index in [0.717, 1.165) is 5.56 Å². The van der Waals surface area contributed by atoms with E-state index in [9.17, 15) is 9.59 Å². The Morgan fingerprint density at radius 3 is 2.55 bits per heavy atom. The summed E-state index contributed by atoms with van der Waals surface area (Å²) >= 11 is 5.81. The van der Waals surface area contributed by atoms with Crippen molar-refractivity contribution < 1.29 is 14.7 Å². The fourth-order valence-corrected chi connectivity index (χ4v) is 1.91. The van der Waals surface area contributed by atoms with Gasteiger partial charge in [0.25, 0.3) is 0 Å². The van der Waals surface area contributed by atoms with Crippen molar-refractivity contribution in [3.8, 4) is 0 Å². The Balaban J connectivity index is 2.10. The molecule has 0 atom stereocenters. The summed E-state index contributed by atoms with van der Waals surface area (Å²) in [6.07, 6.45) is 3.38. The molecule has 0 unspecified atom stereocenters. The van der Waals surface area contributed by atoms with E-state index in [1.807, 2.05) is 0 Å². The van der Waals surface area contributed by atoms with Crippen LogP contribution in [0, 0.1) is 0 Å². The molecule has 0 fully saturated rings. The van der Waals surface area contributed by atoms with Crippen LogP contribution >= 0.6 is 11.6 Å². The summed E-state index contributed by atoms with van der Waals surface area (Å²) in [5.74, 6) is -1.35. The van der Waals surface area contributed by atoms with Crippen LogP contribution in [0.2, 0.25) is 5.02 Å². The lowest BCUT2D eigenvalue weighted by Gasteiger charge is -2.07. The first kappa shape index (κ1) is 14.0. The van der Waals surface area contributed by atoms with E-state index in [2.05, 4.69) is 10.3 Å². The Kier molecular flexibility index (Phi) is 4.32. The van der Waals surface area contributed by atoms with Crippen LogP contribution in [-0.2, 0) is 11.2 Å². The fourth-order valence-electron chi connectivity index (χ4n) is 1.68. The number of pyridine rings is 1. The quantitative estimate of drug-likeness (QED) is 0.907. The van der Waals surface area contributed by atoms with E-state index in [1.54, 1.807) is 24.5 Å². The summed E-state index contributed by atoms with van der Waals surface area (Å²) in [4.78, 5) is 26.6. The Morgan fingerprint density at radius 2 is 1.90 bits per heavy atom. The first-order valence-corrected chi connectivity index (χ1v) is 6.15. The smallest absolute Gasteiger partial charge is 0.335 e. The Bertz CT molecular complexity index is 644. The van der Waals surface area contributed by atoms with Gasteiger partial charge in [0, 0.05) is 23.1 Å². The molecule has 1 amide bonds. The molecule has 0 spiro atoms. The molecule has 20 heavy (non-hydrogen) atoms. The van der Waals surface area contributed by atoms with Crippen LogP contribution in [0.1, 0.15) is 15.9 Å². The number of rotatable bonds is 4. The minimum Gasteiger partial charge on any atom is -0.478 e. The Hall–Kier alpha value is -2.40. The zero-order valence-corrected chi connectivity index (χ0v) is 11.1. The third-order valence-electron chi connectivity index (χ3n) is 2.54. The van der Waals surface area contributed by atoms with Gasteiger partial charge in [-0.2, -0.15) is 0 Å². The van der Waals surface area contributed by atoms with Crippen LogP contribution in [0.4, 0.5) is 5.69 Å². The second kappa shape index (κ2) is 6.16. The zero-order valence-electron chi connectivity index (χ0n) is 10.3. The van der Waals surface area contributed by atoms with Crippen LogP contribution in [0.5, 0.6) is 0 Å². The van der Waals surface area contributed by atoms with Crippen LogP contribution in [0.3, 0.4) is 0 Å². The molecule has 102 valence electrons. The molecule has 2 aromatic rings. The van der Waals surface area contributed by atoms with Crippen molar-refractivity contribution in [2.75, 3.05) is 5.32 Å². The number of anilines is 1. The number of halogens is 1. The summed E-state index contributed by atoms with van der Waals surface area (Å²) in [6, 6.07) is 7.65. The molecule has 5 nitrogen and oxygen atoms in total. The Morgan fingerprint density at radius 1 is 1.20 bits per heavy atom. The highest BCUT2D eigenvalue weighted by Crippen LogP contribution is 2.19. The van der Waals surface area contributed by atoms with E-state index < -0.39 is 5.97 Å². The van der Waals surface area contributed by atoms with Crippen LogP contribution in [0.25, 0.3) is 0 Å². The Labute approximate surface area is 120 Å². The molecule has 0 aliphatic heterocycles. The standard InChI is InChI=1S/C14H11ClN2O3/c15-11-6-10(14(19)20)7-12(8-11)17-13(18)5-9-1-3-16-4-2-9/h1-4,6-8H,5H2,(H,17,18)(H,19,20). The monoisotopic (exact) mass is 290 g/mol. The van der Waals surface area contributed by atoms with E-state index >= 15 is 0 Å². The second-order valence-corrected chi connectivity index (χ2v) is 4.55. The number of carbonyl (C=O) groups excluding carboxylic acids is 1. The maximum Gasteiger partial charge on any atom is 0.335 e. The molecule has 2 rings (SSSR count). The van der Waals surface area contributed by atoms with Crippen LogP contribution in [-0.4, -0.2) is 22.0 Å². The number of carbonyl (C=O) groups is 2. The number of hydrogen-bond acceptors (Lipinski definition) is 3. The minimum atomic E-state index is -1.10. The molecule has 0 bridgehead atoms. The third kappa shape index (κ3) is 3.80. The molecule has 6 heteroatoms. The van der Waals surface area contributed by atoms with Crippen LogP contribution in [0.15, 0.2) is 42.7 Å². The number of amides is 1. The maximum atomic E-state index is 11.9. The van der Waals surface area contributed by atoms with Crippen molar-refractivity contribution >= 4 is 29.2 Å². The van der Waals surface area contributed by atoms with Crippen molar-refractivity contribution in [3.05, 3.63) is 58.9 Å². The maximum absolute atomic E-state index is 11.9. The molecule has 0 aliphatic carbocycles. The number of carboxylic acids is 1. The van der Waals surface area contributed by atoms with Gasteiger partial charge in [-0.05, 0) is 35.9 Å². The average molecular weight is 291 g/mol. The number of carboxylic acid groups (broad SMARTS) is 1. The fraction of sp³-hybridized carbons (Fsp3) is 0.0714. The first-order chi connectivity index (χ1) is 9.54. The molecule has 1 aromatic heterocycles. The number of benzene rings is 1. The van der Waals surface area contributed by atoms with Gasteiger partial charge in [0.15, 0.2) is 0 Å². The molecular formula is C14H11ClN2O3. The predicted molar refractivity (Wildman–Crippen MR) is 75.0 cm³/mol.